The summed E-state index contributed by atoms with van der Waals surface area (Å²) in [6.07, 6.45) is 1.84. The van der Waals surface area contributed by atoms with Crippen molar-refractivity contribution in [3.63, 3.8) is 0 Å². The monoisotopic (exact) mass is 227 g/mol. The van der Waals surface area contributed by atoms with Crippen LogP contribution in [-0.4, -0.2) is 21.3 Å². The summed E-state index contributed by atoms with van der Waals surface area (Å²) < 4.78 is 30.4. The van der Waals surface area contributed by atoms with Gasteiger partial charge in [-0.15, -0.1) is 0 Å². The second kappa shape index (κ2) is 3.83. The smallest absolute Gasteiger partial charge is 0.209 e. The number of nitrogens with one attached hydrogen (secondary N) is 1. The number of hydrogen-bond acceptors (Lipinski definition) is 3. The number of ether oxygens (including phenoxy) is 1. The van der Waals surface area contributed by atoms with E-state index in [1.54, 1.807) is 0 Å². The Balaban J connectivity index is 2.30. The van der Waals surface area contributed by atoms with Crippen molar-refractivity contribution in [2.24, 2.45) is 0 Å². The lowest BCUT2D eigenvalue weighted by atomic mass is 10.0. The van der Waals surface area contributed by atoms with E-state index >= 15 is 0 Å². The molecule has 1 N–H and O–H groups in total. The molecule has 1 aromatic carbocycles. The molecule has 4 nitrogen and oxygen atoms in total. The Morgan fingerprint density at radius 3 is 2.87 bits per heavy atom. The molecule has 1 heterocycles. The first-order chi connectivity index (χ1) is 7.06. The zero-order valence-corrected chi connectivity index (χ0v) is 9.25. The van der Waals surface area contributed by atoms with Crippen molar-refractivity contribution in [3.8, 4) is 5.75 Å². The number of rotatable bonds is 2. The third-order valence-electron chi connectivity index (χ3n) is 2.31. The lowest BCUT2D eigenvalue weighted by molar-refractivity contribution is 0.263. The van der Waals surface area contributed by atoms with Crippen LogP contribution in [0.2, 0.25) is 0 Å². The van der Waals surface area contributed by atoms with E-state index in [1.165, 1.54) is 6.26 Å². The Bertz CT molecular complexity index is 455. The average molecular weight is 227 g/mol. The van der Waals surface area contributed by atoms with E-state index in [1.807, 2.05) is 24.3 Å². The van der Waals surface area contributed by atoms with Crippen LogP contribution in [0.3, 0.4) is 0 Å². The molecule has 1 aromatic rings. The molecule has 0 bridgehead atoms. The average Bonchev–Trinajstić information content (AvgIpc) is 2.16. The van der Waals surface area contributed by atoms with Crippen molar-refractivity contribution < 1.29 is 13.2 Å². The van der Waals surface area contributed by atoms with Crippen LogP contribution in [0.5, 0.6) is 5.75 Å². The number of hydrogen-bond donors (Lipinski definition) is 1. The van der Waals surface area contributed by atoms with Gasteiger partial charge >= 0.3 is 0 Å². The van der Waals surface area contributed by atoms with Crippen LogP contribution >= 0.6 is 0 Å². The van der Waals surface area contributed by atoms with Gasteiger partial charge in [0.05, 0.1) is 18.9 Å². The van der Waals surface area contributed by atoms with E-state index in [-0.39, 0.29) is 6.04 Å². The Labute approximate surface area is 89.3 Å². The van der Waals surface area contributed by atoms with Crippen molar-refractivity contribution in [3.05, 3.63) is 29.8 Å². The zero-order chi connectivity index (χ0) is 10.9. The fraction of sp³-hybridized carbons (Fsp3) is 0.400. The van der Waals surface area contributed by atoms with Crippen molar-refractivity contribution >= 4 is 10.0 Å². The Morgan fingerprint density at radius 1 is 1.40 bits per heavy atom. The van der Waals surface area contributed by atoms with E-state index in [2.05, 4.69) is 4.72 Å². The van der Waals surface area contributed by atoms with Gasteiger partial charge in [0.25, 0.3) is 0 Å². The minimum Gasteiger partial charge on any atom is -0.493 e. The number of para-hydroxylation sites is 1. The van der Waals surface area contributed by atoms with Crippen LogP contribution in [0, 0.1) is 0 Å². The predicted octanol–water partition coefficient (Wildman–Crippen LogP) is 1.06. The third kappa shape index (κ3) is 2.49. The third-order valence-corrected chi connectivity index (χ3v) is 3.03. The molecule has 0 fully saturated rings. The van der Waals surface area contributed by atoms with E-state index in [9.17, 15) is 8.42 Å². The van der Waals surface area contributed by atoms with E-state index in [0.29, 0.717) is 13.0 Å². The molecule has 0 aliphatic carbocycles. The highest BCUT2D eigenvalue weighted by molar-refractivity contribution is 7.88. The quantitative estimate of drug-likeness (QED) is 0.822. The van der Waals surface area contributed by atoms with Crippen LogP contribution in [0.15, 0.2) is 24.3 Å². The van der Waals surface area contributed by atoms with E-state index in [0.717, 1.165) is 11.3 Å². The first-order valence-corrected chi connectivity index (χ1v) is 6.64. The maximum atomic E-state index is 11.2. The van der Waals surface area contributed by atoms with Crippen molar-refractivity contribution in [1.29, 1.82) is 0 Å². The summed E-state index contributed by atoms with van der Waals surface area (Å²) in [4.78, 5) is 0. The summed E-state index contributed by atoms with van der Waals surface area (Å²) in [6.45, 7) is 0.546. The molecule has 2 rings (SSSR count). The summed E-state index contributed by atoms with van der Waals surface area (Å²) in [6, 6.07) is 7.33. The maximum absolute atomic E-state index is 11.2. The summed E-state index contributed by atoms with van der Waals surface area (Å²) in [5, 5.41) is 0. The maximum Gasteiger partial charge on any atom is 0.209 e. The van der Waals surface area contributed by atoms with Gasteiger partial charge in [-0.1, -0.05) is 18.2 Å². The van der Waals surface area contributed by atoms with Gasteiger partial charge in [-0.05, 0) is 6.07 Å². The van der Waals surface area contributed by atoms with Crippen molar-refractivity contribution in [1.82, 2.24) is 4.72 Å². The molecule has 0 unspecified atom stereocenters. The van der Waals surface area contributed by atoms with Crippen molar-refractivity contribution in [2.45, 2.75) is 12.5 Å². The van der Waals surface area contributed by atoms with Crippen LogP contribution in [0.25, 0.3) is 0 Å². The van der Waals surface area contributed by atoms with Gasteiger partial charge in [0.1, 0.15) is 5.75 Å². The fourth-order valence-corrected chi connectivity index (χ4v) is 2.48. The van der Waals surface area contributed by atoms with Crippen LogP contribution < -0.4 is 9.46 Å². The molecular weight excluding hydrogens is 214 g/mol. The highest BCUT2D eigenvalue weighted by atomic mass is 32.2. The predicted molar refractivity (Wildman–Crippen MR) is 57.3 cm³/mol. The molecule has 0 amide bonds. The molecule has 1 aliphatic rings. The lowest BCUT2D eigenvalue weighted by Gasteiger charge is -2.25. The van der Waals surface area contributed by atoms with Gasteiger partial charge in [0, 0.05) is 12.0 Å². The number of benzene rings is 1. The number of sulfonamides is 1. The standard InChI is InChI=1S/C10H13NO3S/c1-15(12,13)11-9-6-7-14-10-5-3-2-4-8(9)10/h2-5,9,11H,6-7H2,1H3/t9-/m0/s1. The van der Waals surface area contributed by atoms with Crippen LogP contribution in [0.4, 0.5) is 0 Å². The molecule has 15 heavy (non-hydrogen) atoms. The van der Waals surface area contributed by atoms with Crippen molar-refractivity contribution in [2.75, 3.05) is 12.9 Å². The highest BCUT2D eigenvalue weighted by Crippen LogP contribution is 2.31. The Morgan fingerprint density at radius 2 is 2.13 bits per heavy atom. The van der Waals surface area contributed by atoms with Gasteiger partial charge < -0.3 is 4.74 Å². The highest BCUT2D eigenvalue weighted by Gasteiger charge is 2.23. The zero-order valence-electron chi connectivity index (χ0n) is 8.43. The van der Waals surface area contributed by atoms with E-state index in [4.69, 9.17) is 4.74 Å². The molecule has 0 saturated carbocycles. The molecular formula is C10H13NO3S. The summed E-state index contributed by atoms with van der Waals surface area (Å²) in [5.41, 5.74) is 0.911. The molecule has 0 aromatic heterocycles. The van der Waals surface area contributed by atoms with E-state index < -0.39 is 10.0 Å². The topological polar surface area (TPSA) is 55.4 Å². The Hall–Kier alpha value is -1.07. The largest absolute Gasteiger partial charge is 0.493 e. The van der Waals surface area contributed by atoms with Gasteiger partial charge in [-0.3, -0.25) is 0 Å². The van der Waals surface area contributed by atoms with Gasteiger partial charge in [-0.2, -0.15) is 0 Å². The lowest BCUT2D eigenvalue weighted by Crippen LogP contribution is -2.31. The van der Waals surface area contributed by atoms with Gasteiger partial charge in [0.2, 0.25) is 10.0 Å². The summed E-state index contributed by atoms with van der Waals surface area (Å²) in [5.74, 6) is 0.768. The Kier molecular flexibility index (Phi) is 2.67. The SMILES string of the molecule is CS(=O)(=O)N[C@H]1CCOc2ccccc21. The molecule has 0 spiro atoms. The van der Waals surface area contributed by atoms with Crippen LogP contribution in [-0.2, 0) is 10.0 Å². The van der Waals surface area contributed by atoms with Gasteiger partial charge in [0.15, 0.2) is 0 Å². The molecule has 1 aliphatic heterocycles. The minimum atomic E-state index is -3.17. The molecule has 0 saturated heterocycles. The second-order valence-electron chi connectivity index (χ2n) is 3.62. The normalized spacial score (nSPS) is 20.5. The second-order valence-corrected chi connectivity index (χ2v) is 5.40. The first kappa shape index (κ1) is 10.4. The minimum absolute atomic E-state index is 0.162. The molecule has 0 radical (unpaired) electrons. The molecule has 5 heteroatoms. The van der Waals surface area contributed by atoms with Gasteiger partial charge in [-0.25, -0.2) is 13.1 Å². The first-order valence-electron chi connectivity index (χ1n) is 4.75. The fourth-order valence-electron chi connectivity index (χ4n) is 1.72. The molecule has 82 valence electrons. The van der Waals surface area contributed by atoms with Crippen LogP contribution in [0.1, 0.15) is 18.0 Å². The molecule has 1 atom stereocenters. The number of fused-ring (bicyclic) bond motifs is 1. The summed E-state index contributed by atoms with van der Waals surface area (Å²) >= 11 is 0. The summed E-state index contributed by atoms with van der Waals surface area (Å²) in [7, 11) is -3.17.